The Hall–Kier alpha value is -2.14. The molecule has 1 heterocycles. The van der Waals surface area contributed by atoms with Gasteiger partial charge in [0, 0.05) is 30.8 Å². The fraction of sp³-hybridized carbons (Fsp3) is 0.167. The number of nitrogens with zero attached hydrogens (tertiary/aromatic N) is 1. The van der Waals surface area contributed by atoms with E-state index in [-0.39, 0.29) is 12.5 Å². The quantitative estimate of drug-likeness (QED) is 0.841. The number of methoxy groups -OCH3 is 1. The molecule has 0 saturated carbocycles. The Morgan fingerprint density at radius 3 is 2.76 bits per heavy atom. The Labute approximate surface area is 98.8 Å². The predicted octanol–water partition coefficient (Wildman–Crippen LogP) is 1.66. The second kappa shape index (κ2) is 5.27. The smallest absolute Gasteiger partial charge is 0.250 e. The fourth-order valence-corrected chi connectivity index (χ4v) is 1.46. The van der Waals surface area contributed by atoms with Gasteiger partial charge in [-0.15, -0.1) is 0 Å². The molecule has 0 unspecified atom stereocenters. The lowest BCUT2D eigenvalue weighted by Crippen LogP contribution is -2.16. The lowest BCUT2D eigenvalue weighted by molar-refractivity contribution is -0.119. The first kappa shape index (κ1) is 11.3. The molecule has 1 amide bonds. The number of ether oxygens (including phenoxy) is 1. The normalized spacial score (nSPS) is 10.2. The van der Waals surface area contributed by atoms with Crippen molar-refractivity contribution in [3.63, 3.8) is 0 Å². The van der Waals surface area contributed by atoms with Crippen molar-refractivity contribution < 1.29 is 9.53 Å². The number of imidazole rings is 1. The molecule has 2 rings (SSSR count). The number of carbonyl (C=O) groups is 1. The Bertz CT molecular complexity index is 477. The number of H-pyrrole nitrogens is 1. The summed E-state index contributed by atoms with van der Waals surface area (Å²) < 4.78 is 4.73. The monoisotopic (exact) mass is 231 g/mol. The summed E-state index contributed by atoms with van der Waals surface area (Å²) >= 11 is 0. The minimum absolute atomic E-state index is 0.0555. The minimum Gasteiger partial charge on any atom is -0.375 e. The lowest BCUT2D eigenvalue weighted by atomic mass is 10.2. The van der Waals surface area contributed by atoms with Crippen LogP contribution < -0.4 is 5.32 Å². The molecule has 0 aliphatic heterocycles. The van der Waals surface area contributed by atoms with Crippen LogP contribution >= 0.6 is 0 Å². The number of hydrogen-bond acceptors (Lipinski definition) is 3. The van der Waals surface area contributed by atoms with Gasteiger partial charge in [-0.25, -0.2) is 4.98 Å². The first-order valence-corrected chi connectivity index (χ1v) is 5.18. The zero-order valence-electron chi connectivity index (χ0n) is 9.43. The molecule has 0 aliphatic carbocycles. The SMILES string of the molecule is COCC(=O)Nc1ccc(-c2ncc[nH]2)cc1. The fourth-order valence-electron chi connectivity index (χ4n) is 1.46. The van der Waals surface area contributed by atoms with Crippen LogP contribution in [0.5, 0.6) is 0 Å². The predicted molar refractivity (Wildman–Crippen MR) is 64.5 cm³/mol. The lowest BCUT2D eigenvalue weighted by Gasteiger charge is -2.04. The highest BCUT2D eigenvalue weighted by atomic mass is 16.5. The zero-order valence-corrected chi connectivity index (χ0v) is 9.43. The minimum atomic E-state index is -0.168. The van der Waals surface area contributed by atoms with E-state index in [1.54, 1.807) is 12.4 Å². The van der Waals surface area contributed by atoms with E-state index in [0.29, 0.717) is 0 Å². The van der Waals surface area contributed by atoms with Gasteiger partial charge >= 0.3 is 0 Å². The van der Waals surface area contributed by atoms with E-state index >= 15 is 0 Å². The molecule has 0 atom stereocenters. The summed E-state index contributed by atoms with van der Waals surface area (Å²) in [7, 11) is 1.49. The van der Waals surface area contributed by atoms with Crippen LogP contribution in [-0.4, -0.2) is 29.6 Å². The summed E-state index contributed by atoms with van der Waals surface area (Å²) in [6.45, 7) is 0.0555. The van der Waals surface area contributed by atoms with E-state index < -0.39 is 0 Å². The van der Waals surface area contributed by atoms with Crippen molar-refractivity contribution in [2.75, 3.05) is 19.0 Å². The highest BCUT2D eigenvalue weighted by Crippen LogP contribution is 2.17. The standard InChI is InChI=1S/C12H13N3O2/c1-17-8-11(16)15-10-4-2-9(3-5-10)12-13-6-7-14-12/h2-7H,8H2,1H3,(H,13,14)(H,15,16). The molecule has 0 bridgehead atoms. The number of aromatic nitrogens is 2. The topological polar surface area (TPSA) is 67.0 Å². The second-order valence-corrected chi connectivity index (χ2v) is 3.50. The van der Waals surface area contributed by atoms with E-state index in [1.807, 2.05) is 24.3 Å². The van der Waals surface area contributed by atoms with Gasteiger partial charge in [0.2, 0.25) is 5.91 Å². The van der Waals surface area contributed by atoms with Crippen LogP contribution in [0.15, 0.2) is 36.7 Å². The Balaban J connectivity index is 2.06. The summed E-state index contributed by atoms with van der Waals surface area (Å²) in [5, 5.41) is 2.72. The maximum Gasteiger partial charge on any atom is 0.250 e. The zero-order chi connectivity index (χ0) is 12.1. The number of nitrogens with one attached hydrogen (secondary N) is 2. The number of anilines is 1. The number of rotatable bonds is 4. The van der Waals surface area contributed by atoms with Crippen LogP contribution in [0.4, 0.5) is 5.69 Å². The van der Waals surface area contributed by atoms with Crippen molar-refractivity contribution in [1.82, 2.24) is 9.97 Å². The number of carbonyl (C=O) groups excluding carboxylic acids is 1. The van der Waals surface area contributed by atoms with Crippen molar-refractivity contribution >= 4 is 11.6 Å². The van der Waals surface area contributed by atoms with Crippen molar-refractivity contribution in [2.45, 2.75) is 0 Å². The van der Waals surface area contributed by atoms with Gasteiger partial charge < -0.3 is 15.0 Å². The summed E-state index contributed by atoms with van der Waals surface area (Å²) in [6, 6.07) is 7.43. The first-order valence-electron chi connectivity index (χ1n) is 5.18. The van der Waals surface area contributed by atoms with Crippen LogP contribution in [0.3, 0.4) is 0 Å². The number of benzene rings is 1. The molecule has 0 spiro atoms. The Morgan fingerprint density at radius 1 is 1.41 bits per heavy atom. The largest absolute Gasteiger partial charge is 0.375 e. The van der Waals surface area contributed by atoms with E-state index in [4.69, 9.17) is 4.74 Å². The van der Waals surface area contributed by atoms with Crippen LogP contribution in [0.25, 0.3) is 11.4 Å². The Kier molecular flexibility index (Phi) is 3.52. The van der Waals surface area contributed by atoms with E-state index in [1.165, 1.54) is 7.11 Å². The average Bonchev–Trinajstić information content (AvgIpc) is 2.84. The van der Waals surface area contributed by atoms with Gasteiger partial charge in [-0.1, -0.05) is 0 Å². The third kappa shape index (κ3) is 2.92. The molecule has 1 aromatic carbocycles. The maximum atomic E-state index is 11.3. The van der Waals surface area contributed by atoms with Crippen molar-refractivity contribution in [3.8, 4) is 11.4 Å². The van der Waals surface area contributed by atoms with E-state index in [2.05, 4.69) is 15.3 Å². The second-order valence-electron chi connectivity index (χ2n) is 3.50. The maximum absolute atomic E-state index is 11.3. The molecule has 5 nitrogen and oxygen atoms in total. The number of amides is 1. The molecule has 5 heteroatoms. The van der Waals surface area contributed by atoms with Crippen molar-refractivity contribution in [2.24, 2.45) is 0 Å². The molecule has 0 saturated heterocycles. The molecule has 2 N–H and O–H groups in total. The molecule has 1 aromatic heterocycles. The molecule has 0 aliphatic rings. The van der Waals surface area contributed by atoms with Crippen molar-refractivity contribution in [3.05, 3.63) is 36.7 Å². The Morgan fingerprint density at radius 2 is 2.18 bits per heavy atom. The molecule has 0 radical (unpaired) electrons. The number of hydrogen-bond donors (Lipinski definition) is 2. The average molecular weight is 231 g/mol. The van der Waals surface area contributed by atoms with Crippen LogP contribution in [0.2, 0.25) is 0 Å². The molecule has 88 valence electrons. The number of aromatic amines is 1. The third-order valence-corrected chi connectivity index (χ3v) is 2.22. The highest BCUT2D eigenvalue weighted by Gasteiger charge is 2.02. The molecule has 0 fully saturated rings. The molecule has 2 aromatic rings. The van der Waals surface area contributed by atoms with Gasteiger partial charge in [-0.3, -0.25) is 4.79 Å². The summed E-state index contributed by atoms with van der Waals surface area (Å²) in [5.41, 5.74) is 1.71. The van der Waals surface area contributed by atoms with Gasteiger partial charge in [-0.05, 0) is 24.3 Å². The summed E-state index contributed by atoms with van der Waals surface area (Å²) in [4.78, 5) is 18.4. The van der Waals surface area contributed by atoms with Crippen LogP contribution in [0, 0.1) is 0 Å². The van der Waals surface area contributed by atoms with Gasteiger partial charge in [0.05, 0.1) is 0 Å². The summed E-state index contributed by atoms with van der Waals surface area (Å²) in [5.74, 6) is 0.637. The van der Waals surface area contributed by atoms with Crippen LogP contribution in [0.1, 0.15) is 0 Å². The third-order valence-electron chi connectivity index (χ3n) is 2.22. The van der Waals surface area contributed by atoms with Crippen LogP contribution in [-0.2, 0) is 9.53 Å². The van der Waals surface area contributed by atoms with Crippen molar-refractivity contribution in [1.29, 1.82) is 0 Å². The van der Waals surface area contributed by atoms with E-state index in [0.717, 1.165) is 17.1 Å². The first-order chi connectivity index (χ1) is 8.29. The molecular weight excluding hydrogens is 218 g/mol. The van der Waals surface area contributed by atoms with Gasteiger partial charge in [-0.2, -0.15) is 0 Å². The summed E-state index contributed by atoms with van der Waals surface area (Å²) in [6.07, 6.45) is 3.47. The molecular formula is C12H13N3O2. The van der Waals surface area contributed by atoms with Gasteiger partial charge in [0.1, 0.15) is 12.4 Å². The van der Waals surface area contributed by atoms with Gasteiger partial charge in [0.15, 0.2) is 0 Å². The highest BCUT2D eigenvalue weighted by molar-refractivity contribution is 5.91. The molecule has 17 heavy (non-hydrogen) atoms. The van der Waals surface area contributed by atoms with E-state index in [9.17, 15) is 4.79 Å². The van der Waals surface area contributed by atoms with Gasteiger partial charge in [0.25, 0.3) is 0 Å².